The van der Waals surface area contributed by atoms with Crippen molar-refractivity contribution in [1.82, 2.24) is 14.9 Å². The molecule has 148 valence electrons. The molecule has 1 aliphatic heterocycles. The molecule has 1 saturated heterocycles. The molecule has 0 saturated carbocycles. The second-order valence-corrected chi connectivity index (χ2v) is 7.28. The van der Waals surface area contributed by atoms with Crippen molar-refractivity contribution < 1.29 is 14.3 Å². The lowest BCUT2D eigenvalue weighted by atomic mass is 9.81. The Morgan fingerprint density at radius 1 is 1.00 bits per heavy atom. The van der Waals surface area contributed by atoms with E-state index in [9.17, 15) is 14.3 Å². The highest BCUT2D eigenvalue weighted by molar-refractivity contribution is 5.74. The van der Waals surface area contributed by atoms with Crippen LogP contribution >= 0.6 is 0 Å². The molecular weight excluding hydrogens is 369 g/mol. The number of aliphatic carboxylic acids is 1. The molecule has 2 atom stereocenters. The first-order chi connectivity index (χ1) is 14.1. The zero-order chi connectivity index (χ0) is 20.2. The van der Waals surface area contributed by atoms with Gasteiger partial charge in [0.1, 0.15) is 11.9 Å². The summed E-state index contributed by atoms with van der Waals surface area (Å²) >= 11 is 0. The first-order valence-electron chi connectivity index (χ1n) is 9.69. The van der Waals surface area contributed by atoms with Crippen LogP contribution in [0, 0.1) is 5.82 Å². The maximum Gasteiger partial charge on any atom is 0.320 e. The molecule has 1 aliphatic rings. The molecule has 29 heavy (non-hydrogen) atoms. The Bertz CT molecular complexity index is 911. The summed E-state index contributed by atoms with van der Waals surface area (Å²) in [5.41, 5.74) is 2.80. The van der Waals surface area contributed by atoms with E-state index in [0.29, 0.717) is 13.0 Å². The number of hydrogen-bond donors (Lipinski definition) is 1. The lowest BCUT2D eigenvalue weighted by molar-refractivity contribution is -0.143. The summed E-state index contributed by atoms with van der Waals surface area (Å²) in [6.07, 6.45) is 8.45. The summed E-state index contributed by atoms with van der Waals surface area (Å²) in [6.45, 7) is 0.663. The Morgan fingerprint density at radius 3 is 2.14 bits per heavy atom. The molecule has 1 aromatic carbocycles. The zero-order valence-electron chi connectivity index (χ0n) is 15.9. The Labute approximate surface area is 168 Å². The molecule has 2 aromatic heterocycles. The fraction of sp³-hybridized carbons (Fsp3) is 0.261. The van der Waals surface area contributed by atoms with E-state index in [-0.39, 0.29) is 17.8 Å². The summed E-state index contributed by atoms with van der Waals surface area (Å²) < 4.78 is 13.7. The standard InChI is InChI=1S/C23H22FN3O2/c24-19-9-7-16(8-10-19)22(27-13-3-6-20(27)23(28)29)21(17-4-1-11-25-14-17)18-5-2-12-26-15-18/h1-2,4-5,7-12,14-15,20-22H,3,6,13H2,(H,28,29)/t20-,22?/m0/s1. The van der Waals surface area contributed by atoms with Crippen molar-refractivity contribution in [2.45, 2.75) is 30.8 Å². The first-order valence-corrected chi connectivity index (χ1v) is 9.69. The van der Waals surface area contributed by atoms with Gasteiger partial charge in [-0.15, -0.1) is 0 Å². The average Bonchev–Trinajstić information content (AvgIpc) is 3.24. The Hall–Kier alpha value is -3.12. The number of nitrogens with zero attached hydrogens (tertiary/aromatic N) is 3. The third-order valence-corrected chi connectivity index (χ3v) is 5.55. The van der Waals surface area contributed by atoms with Crippen LogP contribution in [0.25, 0.3) is 0 Å². The van der Waals surface area contributed by atoms with Crippen LogP contribution in [-0.4, -0.2) is 38.5 Å². The SMILES string of the molecule is O=C(O)[C@@H]1CCCN1C(c1ccc(F)cc1)C(c1cccnc1)c1cccnc1. The monoisotopic (exact) mass is 391 g/mol. The maximum atomic E-state index is 13.7. The van der Waals surface area contributed by atoms with E-state index in [0.717, 1.165) is 23.1 Å². The highest BCUT2D eigenvalue weighted by atomic mass is 19.1. The number of carbonyl (C=O) groups is 1. The lowest BCUT2D eigenvalue weighted by Gasteiger charge is -2.37. The van der Waals surface area contributed by atoms with Gasteiger partial charge in [-0.1, -0.05) is 24.3 Å². The normalized spacial score (nSPS) is 18.1. The summed E-state index contributed by atoms with van der Waals surface area (Å²) in [5, 5.41) is 9.82. The van der Waals surface area contributed by atoms with Crippen LogP contribution in [0.2, 0.25) is 0 Å². The van der Waals surface area contributed by atoms with E-state index in [4.69, 9.17) is 0 Å². The van der Waals surface area contributed by atoms with Gasteiger partial charge in [-0.25, -0.2) is 4.39 Å². The van der Waals surface area contributed by atoms with E-state index in [1.807, 2.05) is 29.2 Å². The van der Waals surface area contributed by atoms with Crippen LogP contribution in [0.4, 0.5) is 4.39 Å². The van der Waals surface area contributed by atoms with Crippen LogP contribution < -0.4 is 0 Å². The molecule has 1 unspecified atom stereocenters. The Morgan fingerprint density at radius 2 is 1.62 bits per heavy atom. The van der Waals surface area contributed by atoms with Gasteiger partial charge in [-0.05, 0) is 60.3 Å². The summed E-state index contributed by atoms with van der Waals surface area (Å²) in [4.78, 5) is 22.6. The molecule has 4 rings (SSSR count). The number of carboxylic acid groups (broad SMARTS) is 1. The minimum Gasteiger partial charge on any atom is -0.480 e. The fourth-order valence-corrected chi connectivity index (χ4v) is 4.30. The molecule has 5 nitrogen and oxygen atoms in total. The molecule has 6 heteroatoms. The third-order valence-electron chi connectivity index (χ3n) is 5.55. The van der Waals surface area contributed by atoms with Crippen molar-refractivity contribution in [1.29, 1.82) is 0 Å². The molecule has 0 amide bonds. The number of likely N-dealkylation sites (tertiary alicyclic amines) is 1. The van der Waals surface area contributed by atoms with Gasteiger partial charge in [0, 0.05) is 36.7 Å². The van der Waals surface area contributed by atoms with E-state index >= 15 is 0 Å². The quantitative estimate of drug-likeness (QED) is 0.687. The molecule has 3 heterocycles. The molecule has 0 spiro atoms. The summed E-state index contributed by atoms with van der Waals surface area (Å²) in [5.74, 6) is -1.34. The van der Waals surface area contributed by atoms with Gasteiger partial charge in [0.2, 0.25) is 0 Å². The second kappa shape index (κ2) is 8.49. The number of halogens is 1. The van der Waals surface area contributed by atoms with Crippen LogP contribution in [0.5, 0.6) is 0 Å². The minimum absolute atomic E-state index is 0.192. The van der Waals surface area contributed by atoms with Gasteiger partial charge >= 0.3 is 5.97 Å². The third kappa shape index (κ3) is 4.03. The van der Waals surface area contributed by atoms with Crippen molar-refractivity contribution >= 4 is 5.97 Å². The van der Waals surface area contributed by atoms with Crippen molar-refractivity contribution in [2.75, 3.05) is 6.54 Å². The lowest BCUT2D eigenvalue weighted by Crippen LogP contribution is -2.41. The molecular formula is C23H22FN3O2. The Kier molecular flexibility index (Phi) is 5.62. The zero-order valence-corrected chi connectivity index (χ0v) is 15.9. The van der Waals surface area contributed by atoms with Crippen LogP contribution in [-0.2, 0) is 4.79 Å². The summed E-state index contributed by atoms with van der Waals surface area (Å²) in [7, 11) is 0. The smallest absolute Gasteiger partial charge is 0.320 e. The van der Waals surface area contributed by atoms with E-state index in [2.05, 4.69) is 9.97 Å². The molecule has 3 aromatic rings. The molecule has 0 radical (unpaired) electrons. The predicted molar refractivity (Wildman–Crippen MR) is 107 cm³/mol. The number of aromatic nitrogens is 2. The van der Waals surface area contributed by atoms with Crippen molar-refractivity contribution in [3.63, 3.8) is 0 Å². The molecule has 1 fully saturated rings. The fourth-order valence-electron chi connectivity index (χ4n) is 4.30. The van der Waals surface area contributed by atoms with Crippen molar-refractivity contribution in [2.24, 2.45) is 0 Å². The molecule has 1 N–H and O–H groups in total. The van der Waals surface area contributed by atoms with E-state index < -0.39 is 12.0 Å². The number of benzene rings is 1. The van der Waals surface area contributed by atoms with Gasteiger partial charge in [0.25, 0.3) is 0 Å². The van der Waals surface area contributed by atoms with Gasteiger partial charge in [0.15, 0.2) is 0 Å². The number of rotatable bonds is 6. The predicted octanol–water partition coefficient (Wildman–Crippen LogP) is 4.04. The van der Waals surface area contributed by atoms with E-state index in [1.54, 1.807) is 36.9 Å². The highest BCUT2D eigenvalue weighted by Crippen LogP contribution is 2.43. The van der Waals surface area contributed by atoms with Crippen molar-refractivity contribution in [3.05, 3.63) is 95.8 Å². The van der Waals surface area contributed by atoms with Crippen molar-refractivity contribution in [3.8, 4) is 0 Å². The largest absolute Gasteiger partial charge is 0.480 e. The van der Waals surface area contributed by atoms with Crippen LogP contribution in [0.15, 0.2) is 73.3 Å². The van der Waals surface area contributed by atoms with Gasteiger partial charge in [0.05, 0.1) is 0 Å². The second-order valence-electron chi connectivity index (χ2n) is 7.28. The molecule has 0 aliphatic carbocycles. The van der Waals surface area contributed by atoms with Gasteiger partial charge < -0.3 is 5.11 Å². The minimum atomic E-state index is -0.828. The van der Waals surface area contributed by atoms with Gasteiger partial charge in [-0.2, -0.15) is 0 Å². The first kappa shape index (κ1) is 19.2. The Balaban J connectivity index is 1.89. The molecule has 0 bridgehead atoms. The average molecular weight is 391 g/mol. The van der Waals surface area contributed by atoms with Crippen LogP contribution in [0.3, 0.4) is 0 Å². The number of hydrogen-bond acceptors (Lipinski definition) is 4. The highest BCUT2D eigenvalue weighted by Gasteiger charge is 2.40. The topological polar surface area (TPSA) is 66.3 Å². The number of carboxylic acids is 1. The van der Waals surface area contributed by atoms with Gasteiger partial charge in [-0.3, -0.25) is 19.7 Å². The summed E-state index contributed by atoms with van der Waals surface area (Å²) in [6, 6.07) is 13.2. The number of pyridine rings is 2. The maximum absolute atomic E-state index is 13.7. The van der Waals surface area contributed by atoms with E-state index in [1.165, 1.54) is 12.1 Å². The van der Waals surface area contributed by atoms with Crippen LogP contribution in [0.1, 0.15) is 41.5 Å².